The van der Waals surface area contributed by atoms with Crippen LogP contribution in [0.15, 0.2) is 0 Å². The van der Waals surface area contributed by atoms with Crippen molar-refractivity contribution >= 4 is 5.91 Å². The monoisotopic (exact) mass is 185 g/mol. The molecule has 1 aliphatic rings. The van der Waals surface area contributed by atoms with Crippen LogP contribution in [0.25, 0.3) is 0 Å². The standard InChI is InChI=1S/C10H19NO2/c1-7-3-8(2)5-9(4-7)13-6-10(11)12/h7-9H,3-6H2,1-2H3,(H2,11,12). The molecule has 2 atom stereocenters. The van der Waals surface area contributed by atoms with Gasteiger partial charge in [-0.1, -0.05) is 13.8 Å². The second-order valence-corrected chi connectivity index (χ2v) is 4.32. The molecule has 0 heterocycles. The largest absolute Gasteiger partial charge is 0.368 e. The first-order valence-electron chi connectivity index (χ1n) is 4.97. The SMILES string of the molecule is CC1CC(C)CC(OCC(N)=O)C1. The summed E-state index contributed by atoms with van der Waals surface area (Å²) in [5, 5.41) is 0. The summed E-state index contributed by atoms with van der Waals surface area (Å²) >= 11 is 0. The lowest BCUT2D eigenvalue weighted by atomic mass is 9.82. The lowest BCUT2D eigenvalue weighted by Crippen LogP contribution is -2.30. The number of carbonyl (C=O) groups excluding carboxylic acids is 1. The zero-order valence-corrected chi connectivity index (χ0v) is 8.45. The predicted molar refractivity (Wildman–Crippen MR) is 51.1 cm³/mol. The molecule has 1 amide bonds. The molecular weight excluding hydrogens is 166 g/mol. The van der Waals surface area contributed by atoms with Crippen LogP contribution in [-0.2, 0) is 9.53 Å². The van der Waals surface area contributed by atoms with E-state index in [1.54, 1.807) is 0 Å². The highest BCUT2D eigenvalue weighted by atomic mass is 16.5. The molecule has 1 saturated carbocycles. The van der Waals surface area contributed by atoms with Crippen LogP contribution < -0.4 is 5.73 Å². The number of carbonyl (C=O) groups is 1. The summed E-state index contributed by atoms with van der Waals surface area (Å²) in [6, 6.07) is 0. The molecule has 0 radical (unpaired) electrons. The van der Waals surface area contributed by atoms with Crippen molar-refractivity contribution in [2.75, 3.05) is 6.61 Å². The van der Waals surface area contributed by atoms with Gasteiger partial charge in [-0.15, -0.1) is 0 Å². The Morgan fingerprint density at radius 1 is 1.31 bits per heavy atom. The second kappa shape index (κ2) is 4.61. The fourth-order valence-corrected chi connectivity index (χ4v) is 2.21. The van der Waals surface area contributed by atoms with Crippen LogP contribution in [0.3, 0.4) is 0 Å². The molecular formula is C10H19NO2. The molecule has 3 heteroatoms. The van der Waals surface area contributed by atoms with Gasteiger partial charge in [-0.05, 0) is 31.1 Å². The third-order valence-electron chi connectivity index (χ3n) is 2.60. The highest BCUT2D eigenvalue weighted by molar-refractivity contribution is 5.75. The van der Waals surface area contributed by atoms with Crippen molar-refractivity contribution in [2.45, 2.75) is 39.2 Å². The molecule has 0 bridgehead atoms. The van der Waals surface area contributed by atoms with Crippen molar-refractivity contribution in [3.63, 3.8) is 0 Å². The first-order valence-corrected chi connectivity index (χ1v) is 4.97. The van der Waals surface area contributed by atoms with E-state index in [4.69, 9.17) is 10.5 Å². The van der Waals surface area contributed by atoms with E-state index < -0.39 is 0 Å². The van der Waals surface area contributed by atoms with E-state index in [0.717, 1.165) is 12.8 Å². The molecule has 0 saturated heterocycles. The fraction of sp³-hybridized carbons (Fsp3) is 0.900. The minimum Gasteiger partial charge on any atom is -0.368 e. The van der Waals surface area contributed by atoms with Crippen LogP contribution in [0.4, 0.5) is 0 Å². The maximum Gasteiger partial charge on any atom is 0.243 e. The molecule has 76 valence electrons. The number of rotatable bonds is 3. The van der Waals surface area contributed by atoms with Crippen LogP contribution >= 0.6 is 0 Å². The first kappa shape index (κ1) is 10.5. The van der Waals surface area contributed by atoms with Crippen LogP contribution in [0, 0.1) is 11.8 Å². The van der Waals surface area contributed by atoms with Gasteiger partial charge in [0.15, 0.2) is 0 Å². The van der Waals surface area contributed by atoms with E-state index in [9.17, 15) is 4.79 Å². The zero-order valence-electron chi connectivity index (χ0n) is 8.45. The van der Waals surface area contributed by atoms with Crippen LogP contribution in [0.2, 0.25) is 0 Å². The van der Waals surface area contributed by atoms with Crippen LogP contribution in [-0.4, -0.2) is 18.6 Å². The van der Waals surface area contributed by atoms with Crippen molar-refractivity contribution in [3.8, 4) is 0 Å². The Labute approximate surface area is 79.6 Å². The van der Waals surface area contributed by atoms with E-state index in [1.807, 2.05) is 0 Å². The van der Waals surface area contributed by atoms with Gasteiger partial charge < -0.3 is 10.5 Å². The van der Waals surface area contributed by atoms with E-state index in [0.29, 0.717) is 11.8 Å². The van der Waals surface area contributed by atoms with Gasteiger partial charge in [0.25, 0.3) is 0 Å². The van der Waals surface area contributed by atoms with E-state index >= 15 is 0 Å². The van der Waals surface area contributed by atoms with E-state index in [2.05, 4.69) is 13.8 Å². The Hall–Kier alpha value is -0.570. The van der Waals surface area contributed by atoms with Gasteiger partial charge in [0.1, 0.15) is 6.61 Å². The van der Waals surface area contributed by atoms with Crippen LogP contribution in [0.5, 0.6) is 0 Å². The maximum absolute atomic E-state index is 10.5. The van der Waals surface area contributed by atoms with Crippen molar-refractivity contribution in [2.24, 2.45) is 17.6 Å². The Kier molecular flexibility index (Phi) is 3.72. The molecule has 0 aromatic heterocycles. The van der Waals surface area contributed by atoms with Gasteiger partial charge >= 0.3 is 0 Å². The predicted octanol–water partition coefficient (Wildman–Crippen LogP) is 1.31. The Morgan fingerprint density at radius 2 is 1.85 bits per heavy atom. The number of primary amides is 1. The molecule has 1 aliphatic carbocycles. The molecule has 2 N–H and O–H groups in total. The van der Waals surface area contributed by atoms with Gasteiger partial charge in [0.05, 0.1) is 6.10 Å². The molecule has 0 spiro atoms. The van der Waals surface area contributed by atoms with Gasteiger partial charge in [-0.2, -0.15) is 0 Å². The summed E-state index contributed by atoms with van der Waals surface area (Å²) < 4.78 is 5.41. The molecule has 1 rings (SSSR count). The topological polar surface area (TPSA) is 52.3 Å². The lowest BCUT2D eigenvalue weighted by Gasteiger charge is -2.30. The smallest absolute Gasteiger partial charge is 0.243 e. The first-order chi connectivity index (χ1) is 6.08. The van der Waals surface area contributed by atoms with Crippen LogP contribution in [0.1, 0.15) is 33.1 Å². The van der Waals surface area contributed by atoms with Gasteiger partial charge in [-0.25, -0.2) is 0 Å². The minimum atomic E-state index is -0.370. The molecule has 1 fully saturated rings. The number of nitrogens with two attached hydrogens (primary N) is 1. The van der Waals surface area contributed by atoms with Crippen molar-refractivity contribution in [1.82, 2.24) is 0 Å². The number of amides is 1. The molecule has 2 unspecified atom stereocenters. The van der Waals surface area contributed by atoms with Gasteiger partial charge in [0.2, 0.25) is 5.91 Å². The van der Waals surface area contributed by atoms with Crippen molar-refractivity contribution < 1.29 is 9.53 Å². The molecule has 0 aliphatic heterocycles. The summed E-state index contributed by atoms with van der Waals surface area (Å²) in [4.78, 5) is 10.5. The number of hydrogen-bond donors (Lipinski definition) is 1. The number of hydrogen-bond acceptors (Lipinski definition) is 2. The van der Waals surface area contributed by atoms with E-state index in [1.165, 1.54) is 6.42 Å². The molecule has 3 nitrogen and oxygen atoms in total. The lowest BCUT2D eigenvalue weighted by molar-refractivity contribution is -0.125. The third-order valence-corrected chi connectivity index (χ3v) is 2.60. The molecule has 13 heavy (non-hydrogen) atoms. The Balaban J connectivity index is 2.28. The summed E-state index contributed by atoms with van der Waals surface area (Å²) in [6.07, 6.45) is 3.65. The molecule has 0 aromatic rings. The summed E-state index contributed by atoms with van der Waals surface area (Å²) in [5.74, 6) is 1.05. The maximum atomic E-state index is 10.5. The van der Waals surface area contributed by atoms with Crippen molar-refractivity contribution in [3.05, 3.63) is 0 Å². The molecule has 0 aromatic carbocycles. The normalized spacial score (nSPS) is 34.5. The highest BCUT2D eigenvalue weighted by Crippen LogP contribution is 2.30. The summed E-state index contributed by atoms with van der Waals surface area (Å²) in [6.45, 7) is 4.54. The van der Waals surface area contributed by atoms with Gasteiger partial charge in [0, 0.05) is 0 Å². The number of ether oxygens (including phenoxy) is 1. The van der Waals surface area contributed by atoms with Crippen molar-refractivity contribution in [1.29, 1.82) is 0 Å². The van der Waals surface area contributed by atoms with Gasteiger partial charge in [-0.3, -0.25) is 4.79 Å². The second-order valence-electron chi connectivity index (χ2n) is 4.32. The average Bonchev–Trinajstić information content (AvgIpc) is 1.99. The Morgan fingerprint density at radius 3 is 2.31 bits per heavy atom. The zero-order chi connectivity index (χ0) is 9.84. The fourth-order valence-electron chi connectivity index (χ4n) is 2.21. The minimum absolute atomic E-state index is 0.0735. The summed E-state index contributed by atoms with van der Waals surface area (Å²) in [7, 11) is 0. The quantitative estimate of drug-likeness (QED) is 0.720. The Bertz CT molecular complexity index is 172. The average molecular weight is 185 g/mol. The third kappa shape index (κ3) is 3.77. The highest BCUT2D eigenvalue weighted by Gasteiger charge is 2.24. The summed E-state index contributed by atoms with van der Waals surface area (Å²) in [5.41, 5.74) is 5.01. The van der Waals surface area contributed by atoms with E-state index in [-0.39, 0.29) is 18.6 Å².